The van der Waals surface area contributed by atoms with Crippen LogP contribution >= 0.6 is 0 Å². The lowest BCUT2D eigenvalue weighted by atomic mass is 10.1. The van der Waals surface area contributed by atoms with Gasteiger partial charge >= 0.3 is 5.97 Å². The molecule has 0 saturated heterocycles. The number of carboxylic acid groups (broad SMARTS) is 1. The van der Waals surface area contributed by atoms with Crippen molar-refractivity contribution in [1.29, 1.82) is 0 Å². The predicted octanol–water partition coefficient (Wildman–Crippen LogP) is 0.976. The first-order valence-electron chi connectivity index (χ1n) is 6.14. The van der Waals surface area contributed by atoms with Gasteiger partial charge in [-0.15, -0.1) is 0 Å². The van der Waals surface area contributed by atoms with Gasteiger partial charge in [0.1, 0.15) is 6.04 Å². The van der Waals surface area contributed by atoms with Gasteiger partial charge < -0.3 is 9.84 Å². The molecule has 0 aromatic heterocycles. The van der Waals surface area contributed by atoms with Crippen LogP contribution in [-0.2, 0) is 19.6 Å². The van der Waals surface area contributed by atoms with Crippen molar-refractivity contribution in [2.75, 3.05) is 19.5 Å². The summed E-state index contributed by atoms with van der Waals surface area (Å²) in [6, 6.07) is -1.02. The summed E-state index contributed by atoms with van der Waals surface area (Å²) in [5, 5.41) is 8.93. The maximum atomic E-state index is 11.7. The average Bonchev–Trinajstić information content (AvgIpc) is 2.30. The van der Waals surface area contributed by atoms with E-state index in [9.17, 15) is 13.2 Å². The van der Waals surface area contributed by atoms with Gasteiger partial charge in [0.2, 0.25) is 10.0 Å². The Bertz CT molecular complexity index is 328. The first kappa shape index (κ1) is 17.3. The normalized spacial score (nSPS) is 13.4. The summed E-state index contributed by atoms with van der Waals surface area (Å²) in [5.74, 6) is -1.18. The van der Waals surface area contributed by atoms with E-state index in [2.05, 4.69) is 4.72 Å². The standard InChI is InChI=1S/C11H23NO5S/c1-3-4-7-10(11(13)14)12-18(15,16)9-6-5-8-17-2/h10,12H,3-9H2,1-2H3,(H,13,14). The molecule has 0 aliphatic rings. The van der Waals surface area contributed by atoms with E-state index in [1.54, 1.807) is 7.11 Å². The quantitative estimate of drug-likeness (QED) is 0.551. The molecular weight excluding hydrogens is 258 g/mol. The fourth-order valence-electron chi connectivity index (χ4n) is 1.46. The van der Waals surface area contributed by atoms with Gasteiger partial charge in [0, 0.05) is 13.7 Å². The van der Waals surface area contributed by atoms with E-state index in [1.165, 1.54) is 0 Å². The van der Waals surface area contributed by atoms with E-state index in [4.69, 9.17) is 9.84 Å². The van der Waals surface area contributed by atoms with Crippen LogP contribution < -0.4 is 4.72 Å². The molecule has 6 nitrogen and oxygen atoms in total. The molecule has 18 heavy (non-hydrogen) atoms. The van der Waals surface area contributed by atoms with E-state index in [0.717, 1.165) is 6.42 Å². The zero-order valence-electron chi connectivity index (χ0n) is 11.0. The van der Waals surface area contributed by atoms with Crippen LogP contribution in [-0.4, -0.2) is 45.0 Å². The van der Waals surface area contributed by atoms with Crippen molar-refractivity contribution in [1.82, 2.24) is 4.72 Å². The van der Waals surface area contributed by atoms with Crippen molar-refractivity contribution in [2.45, 2.75) is 45.1 Å². The second-order valence-corrected chi connectivity index (χ2v) is 6.04. The Balaban J connectivity index is 4.20. The average molecular weight is 281 g/mol. The lowest BCUT2D eigenvalue weighted by Crippen LogP contribution is -2.41. The van der Waals surface area contributed by atoms with E-state index in [1.807, 2.05) is 6.92 Å². The Labute approximate surface area is 109 Å². The molecule has 0 spiro atoms. The van der Waals surface area contributed by atoms with Crippen LogP contribution in [0, 0.1) is 0 Å². The minimum atomic E-state index is -3.52. The van der Waals surface area contributed by atoms with Crippen LogP contribution in [0.3, 0.4) is 0 Å². The molecule has 0 rings (SSSR count). The Kier molecular flexibility index (Phi) is 8.95. The number of nitrogens with one attached hydrogen (secondary N) is 1. The van der Waals surface area contributed by atoms with Gasteiger partial charge in [0.15, 0.2) is 0 Å². The predicted molar refractivity (Wildman–Crippen MR) is 69.0 cm³/mol. The van der Waals surface area contributed by atoms with Crippen LogP contribution in [0.1, 0.15) is 39.0 Å². The van der Waals surface area contributed by atoms with Crippen molar-refractivity contribution < 1.29 is 23.1 Å². The fraction of sp³-hybridized carbons (Fsp3) is 0.909. The molecular formula is C11H23NO5S. The largest absolute Gasteiger partial charge is 0.480 e. The third-order valence-corrected chi connectivity index (χ3v) is 3.95. The minimum absolute atomic E-state index is 0.0632. The molecule has 0 aliphatic carbocycles. The van der Waals surface area contributed by atoms with Gasteiger partial charge in [0.25, 0.3) is 0 Å². The van der Waals surface area contributed by atoms with E-state index < -0.39 is 22.0 Å². The third-order valence-electron chi connectivity index (χ3n) is 2.48. The first-order chi connectivity index (χ1) is 8.43. The number of hydrogen-bond donors (Lipinski definition) is 2. The zero-order valence-corrected chi connectivity index (χ0v) is 11.8. The number of rotatable bonds is 11. The molecule has 0 aromatic rings. The monoisotopic (exact) mass is 281 g/mol. The fourth-order valence-corrected chi connectivity index (χ4v) is 2.81. The zero-order chi connectivity index (χ0) is 14.0. The molecule has 0 bridgehead atoms. The van der Waals surface area contributed by atoms with E-state index >= 15 is 0 Å². The van der Waals surface area contributed by atoms with Gasteiger partial charge in [-0.05, 0) is 19.3 Å². The van der Waals surface area contributed by atoms with Crippen LogP contribution in [0.5, 0.6) is 0 Å². The summed E-state index contributed by atoms with van der Waals surface area (Å²) in [6.45, 7) is 2.44. The lowest BCUT2D eigenvalue weighted by Gasteiger charge is -2.14. The van der Waals surface area contributed by atoms with Gasteiger partial charge in [-0.1, -0.05) is 19.8 Å². The lowest BCUT2D eigenvalue weighted by molar-refractivity contribution is -0.139. The van der Waals surface area contributed by atoms with Crippen LogP contribution in [0.25, 0.3) is 0 Å². The summed E-state index contributed by atoms with van der Waals surface area (Å²) in [5.41, 5.74) is 0. The Hall–Kier alpha value is -0.660. The highest BCUT2D eigenvalue weighted by molar-refractivity contribution is 7.89. The van der Waals surface area contributed by atoms with E-state index in [-0.39, 0.29) is 5.75 Å². The van der Waals surface area contributed by atoms with Crippen molar-refractivity contribution >= 4 is 16.0 Å². The minimum Gasteiger partial charge on any atom is -0.480 e. The van der Waals surface area contributed by atoms with Crippen LogP contribution in [0.15, 0.2) is 0 Å². The molecule has 1 unspecified atom stereocenters. The molecule has 7 heteroatoms. The summed E-state index contributed by atoms with van der Waals surface area (Å²) in [4.78, 5) is 10.9. The topological polar surface area (TPSA) is 92.7 Å². The highest BCUT2D eigenvalue weighted by Crippen LogP contribution is 2.04. The highest BCUT2D eigenvalue weighted by atomic mass is 32.2. The van der Waals surface area contributed by atoms with Gasteiger partial charge in [-0.2, -0.15) is 0 Å². The third kappa shape index (κ3) is 8.43. The van der Waals surface area contributed by atoms with Crippen molar-refractivity contribution in [3.63, 3.8) is 0 Å². The summed E-state index contributed by atoms with van der Waals surface area (Å²) >= 11 is 0. The Morgan fingerprint density at radius 2 is 2.00 bits per heavy atom. The maximum absolute atomic E-state index is 11.7. The van der Waals surface area contributed by atoms with Crippen molar-refractivity contribution in [2.24, 2.45) is 0 Å². The number of ether oxygens (including phenoxy) is 1. The molecule has 0 fully saturated rings. The van der Waals surface area contributed by atoms with Crippen molar-refractivity contribution in [3.8, 4) is 0 Å². The van der Waals surface area contributed by atoms with E-state index in [0.29, 0.717) is 32.3 Å². The number of carboxylic acids is 1. The molecule has 1 atom stereocenters. The summed E-state index contributed by atoms with van der Waals surface area (Å²) < 4.78 is 30.4. The number of carbonyl (C=O) groups is 1. The number of unbranched alkanes of at least 4 members (excludes halogenated alkanes) is 2. The number of sulfonamides is 1. The maximum Gasteiger partial charge on any atom is 0.321 e. The summed E-state index contributed by atoms with van der Waals surface area (Å²) in [7, 11) is -1.97. The van der Waals surface area contributed by atoms with Gasteiger partial charge in [0.05, 0.1) is 5.75 Å². The molecule has 0 aliphatic heterocycles. The molecule has 2 N–H and O–H groups in total. The smallest absolute Gasteiger partial charge is 0.321 e. The molecule has 0 aromatic carbocycles. The second kappa shape index (κ2) is 9.29. The van der Waals surface area contributed by atoms with Crippen LogP contribution in [0.2, 0.25) is 0 Å². The molecule has 0 radical (unpaired) electrons. The van der Waals surface area contributed by atoms with Gasteiger partial charge in [-0.3, -0.25) is 4.79 Å². The number of aliphatic carboxylic acids is 1. The van der Waals surface area contributed by atoms with Gasteiger partial charge in [-0.25, -0.2) is 13.1 Å². The molecule has 0 amide bonds. The van der Waals surface area contributed by atoms with Crippen molar-refractivity contribution in [3.05, 3.63) is 0 Å². The Morgan fingerprint density at radius 1 is 1.33 bits per heavy atom. The SMILES string of the molecule is CCCCC(NS(=O)(=O)CCCCOC)C(=O)O. The summed E-state index contributed by atoms with van der Waals surface area (Å²) in [6.07, 6.45) is 2.94. The highest BCUT2D eigenvalue weighted by Gasteiger charge is 2.22. The Morgan fingerprint density at radius 3 is 2.50 bits per heavy atom. The second-order valence-electron chi connectivity index (χ2n) is 4.17. The number of hydrogen-bond acceptors (Lipinski definition) is 4. The van der Waals surface area contributed by atoms with Crippen LogP contribution in [0.4, 0.5) is 0 Å². The number of methoxy groups -OCH3 is 1. The first-order valence-corrected chi connectivity index (χ1v) is 7.80. The molecule has 108 valence electrons. The molecule has 0 saturated carbocycles. The molecule has 0 heterocycles.